The first kappa shape index (κ1) is 10.7. The average Bonchev–Trinajstić information content (AvgIpc) is 2.83. The van der Waals surface area contributed by atoms with Crippen LogP contribution in [0.3, 0.4) is 0 Å². The summed E-state index contributed by atoms with van der Waals surface area (Å²) in [6.07, 6.45) is 4.99. The fourth-order valence-corrected chi connectivity index (χ4v) is 2.09. The molecule has 0 aliphatic rings. The van der Waals surface area contributed by atoms with Gasteiger partial charge in [0, 0.05) is 23.3 Å². The predicted octanol–water partition coefficient (Wildman–Crippen LogP) is 3.37. The maximum absolute atomic E-state index is 12.5. The zero-order chi connectivity index (χ0) is 12.5. The number of nitrogens with zero attached hydrogens (tertiary/aromatic N) is 1. The lowest BCUT2D eigenvalue weighted by Crippen LogP contribution is -2.02. The van der Waals surface area contributed by atoms with E-state index in [9.17, 15) is 4.79 Å². The Morgan fingerprint density at radius 3 is 2.83 bits per heavy atom. The topological polar surface area (TPSA) is 43.1 Å². The monoisotopic (exact) mass is 237 g/mol. The van der Waals surface area contributed by atoms with Crippen molar-refractivity contribution in [2.75, 3.05) is 0 Å². The number of aryl methyl sites for hydroxylation is 1. The first-order valence-corrected chi connectivity index (χ1v) is 5.69. The third-order valence-electron chi connectivity index (χ3n) is 3.03. The number of aromatic nitrogens is 1. The van der Waals surface area contributed by atoms with Gasteiger partial charge in [-0.2, -0.15) is 0 Å². The molecule has 2 aromatic heterocycles. The molecule has 0 spiro atoms. The maximum Gasteiger partial charge on any atom is 0.197 e. The number of carbonyl (C=O) groups is 1. The fourth-order valence-electron chi connectivity index (χ4n) is 2.09. The van der Waals surface area contributed by atoms with Crippen molar-refractivity contribution < 1.29 is 9.21 Å². The lowest BCUT2D eigenvalue weighted by atomic mass is 9.99. The van der Waals surface area contributed by atoms with Crippen LogP contribution in [0.15, 0.2) is 53.4 Å². The van der Waals surface area contributed by atoms with Gasteiger partial charge in [0.1, 0.15) is 5.76 Å². The van der Waals surface area contributed by atoms with Crippen molar-refractivity contribution in [2.24, 2.45) is 0 Å². The molecule has 0 unspecified atom stereocenters. The van der Waals surface area contributed by atoms with Crippen molar-refractivity contribution >= 4 is 16.6 Å². The molecular formula is C15H11NO2. The number of rotatable bonds is 2. The molecule has 0 bridgehead atoms. The average molecular weight is 237 g/mol. The Balaban J connectivity index is 2.21. The van der Waals surface area contributed by atoms with Crippen LogP contribution in [0.1, 0.15) is 21.7 Å². The molecule has 2 heterocycles. The first-order valence-electron chi connectivity index (χ1n) is 5.69. The van der Waals surface area contributed by atoms with Gasteiger partial charge in [0.15, 0.2) is 5.78 Å². The Kier molecular flexibility index (Phi) is 2.45. The quantitative estimate of drug-likeness (QED) is 0.642. The third-order valence-corrected chi connectivity index (χ3v) is 3.03. The number of ketones is 1. The van der Waals surface area contributed by atoms with Gasteiger partial charge in [-0.05, 0) is 24.4 Å². The van der Waals surface area contributed by atoms with Gasteiger partial charge in [0.25, 0.3) is 0 Å². The summed E-state index contributed by atoms with van der Waals surface area (Å²) in [6, 6.07) is 9.21. The van der Waals surface area contributed by atoms with Gasteiger partial charge in [0.05, 0.1) is 11.8 Å². The molecule has 3 aromatic rings. The molecule has 0 aliphatic heterocycles. The van der Waals surface area contributed by atoms with Crippen molar-refractivity contribution in [2.45, 2.75) is 6.92 Å². The largest absolute Gasteiger partial charge is 0.469 e. The summed E-state index contributed by atoms with van der Waals surface area (Å²) >= 11 is 0. The van der Waals surface area contributed by atoms with E-state index in [2.05, 4.69) is 4.98 Å². The Hall–Kier alpha value is -2.42. The van der Waals surface area contributed by atoms with E-state index in [1.807, 2.05) is 24.3 Å². The van der Waals surface area contributed by atoms with E-state index in [0.717, 1.165) is 10.8 Å². The molecule has 0 aliphatic carbocycles. The second-order valence-electron chi connectivity index (χ2n) is 4.12. The molecule has 88 valence electrons. The van der Waals surface area contributed by atoms with Crippen molar-refractivity contribution in [1.29, 1.82) is 0 Å². The van der Waals surface area contributed by atoms with Crippen LogP contribution in [0.5, 0.6) is 0 Å². The van der Waals surface area contributed by atoms with E-state index in [4.69, 9.17) is 4.42 Å². The van der Waals surface area contributed by atoms with Crippen molar-refractivity contribution in [3.63, 3.8) is 0 Å². The van der Waals surface area contributed by atoms with Crippen LogP contribution in [0.2, 0.25) is 0 Å². The highest BCUT2D eigenvalue weighted by Crippen LogP contribution is 2.22. The summed E-state index contributed by atoms with van der Waals surface area (Å²) in [6.45, 7) is 1.79. The second kappa shape index (κ2) is 4.11. The van der Waals surface area contributed by atoms with Gasteiger partial charge in [-0.3, -0.25) is 9.78 Å². The Bertz CT molecular complexity index is 723. The zero-order valence-corrected chi connectivity index (χ0v) is 9.88. The van der Waals surface area contributed by atoms with Crippen LogP contribution >= 0.6 is 0 Å². The molecular weight excluding hydrogens is 226 g/mol. The lowest BCUT2D eigenvalue weighted by Gasteiger charge is -2.04. The summed E-state index contributed by atoms with van der Waals surface area (Å²) in [5.41, 5.74) is 1.29. The standard InChI is InChI=1S/C15H11NO2/c1-10-12(6-8-18-10)15(17)14-4-2-3-11-9-16-7-5-13(11)14/h2-9H,1H3. The third kappa shape index (κ3) is 1.61. The Labute approximate surface area is 104 Å². The van der Waals surface area contributed by atoms with Crippen molar-refractivity contribution in [3.8, 4) is 0 Å². The first-order chi connectivity index (χ1) is 8.77. The predicted molar refractivity (Wildman–Crippen MR) is 68.6 cm³/mol. The second-order valence-corrected chi connectivity index (χ2v) is 4.12. The van der Waals surface area contributed by atoms with Gasteiger partial charge in [-0.15, -0.1) is 0 Å². The number of benzene rings is 1. The Morgan fingerprint density at radius 1 is 1.17 bits per heavy atom. The molecule has 0 saturated carbocycles. The summed E-state index contributed by atoms with van der Waals surface area (Å²) < 4.78 is 5.19. The van der Waals surface area contributed by atoms with E-state index >= 15 is 0 Å². The highest BCUT2D eigenvalue weighted by Gasteiger charge is 2.15. The normalized spacial score (nSPS) is 10.7. The van der Waals surface area contributed by atoms with Crippen LogP contribution in [0.25, 0.3) is 10.8 Å². The van der Waals surface area contributed by atoms with Gasteiger partial charge in [-0.25, -0.2) is 0 Å². The highest BCUT2D eigenvalue weighted by atomic mass is 16.3. The van der Waals surface area contributed by atoms with E-state index in [1.54, 1.807) is 25.4 Å². The number of hydrogen-bond acceptors (Lipinski definition) is 3. The summed E-state index contributed by atoms with van der Waals surface area (Å²) in [5, 5.41) is 1.88. The number of carbonyl (C=O) groups excluding carboxylic acids is 1. The SMILES string of the molecule is Cc1occc1C(=O)c1cccc2cnccc12. The minimum absolute atomic E-state index is 0.0157. The smallest absolute Gasteiger partial charge is 0.197 e. The number of pyridine rings is 1. The van der Waals surface area contributed by atoms with E-state index in [1.165, 1.54) is 6.26 Å². The van der Waals surface area contributed by atoms with E-state index in [-0.39, 0.29) is 5.78 Å². The Morgan fingerprint density at radius 2 is 2.06 bits per heavy atom. The fraction of sp³-hybridized carbons (Fsp3) is 0.0667. The van der Waals surface area contributed by atoms with E-state index < -0.39 is 0 Å². The molecule has 0 N–H and O–H groups in total. The van der Waals surface area contributed by atoms with Gasteiger partial charge >= 0.3 is 0 Å². The summed E-state index contributed by atoms with van der Waals surface area (Å²) in [7, 11) is 0. The molecule has 3 nitrogen and oxygen atoms in total. The molecule has 0 amide bonds. The highest BCUT2D eigenvalue weighted by molar-refractivity contribution is 6.16. The summed E-state index contributed by atoms with van der Waals surface area (Å²) in [5.74, 6) is 0.629. The lowest BCUT2D eigenvalue weighted by molar-refractivity contribution is 0.103. The van der Waals surface area contributed by atoms with Crippen molar-refractivity contribution in [3.05, 3.63) is 65.9 Å². The van der Waals surface area contributed by atoms with Gasteiger partial charge in [-0.1, -0.05) is 18.2 Å². The number of fused-ring (bicyclic) bond motifs is 1. The van der Waals surface area contributed by atoms with Crippen LogP contribution in [-0.4, -0.2) is 10.8 Å². The molecule has 18 heavy (non-hydrogen) atoms. The summed E-state index contributed by atoms with van der Waals surface area (Å²) in [4.78, 5) is 16.5. The minimum Gasteiger partial charge on any atom is -0.469 e. The van der Waals surface area contributed by atoms with Crippen molar-refractivity contribution in [1.82, 2.24) is 4.98 Å². The number of hydrogen-bond donors (Lipinski definition) is 0. The van der Waals surface area contributed by atoms with E-state index in [0.29, 0.717) is 16.9 Å². The molecule has 0 fully saturated rings. The maximum atomic E-state index is 12.5. The van der Waals surface area contributed by atoms with Crippen LogP contribution in [-0.2, 0) is 0 Å². The van der Waals surface area contributed by atoms with Gasteiger partial charge < -0.3 is 4.42 Å². The van der Waals surface area contributed by atoms with Gasteiger partial charge in [0.2, 0.25) is 0 Å². The molecule has 0 radical (unpaired) electrons. The van der Waals surface area contributed by atoms with Crippen LogP contribution in [0, 0.1) is 6.92 Å². The van der Waals surface area contributed by atoms with Crippen LogP contribution < -0.4 is 0 Å². The molecule has 3 heteroatoms. The molecule has 0 saturated heterocycles. The zero-order valence-electron chi connectivity index (χ0n) is 9.88. The molecule has 1 aromatic carbocycles. The number of furan rings is 1. The molecule has 3 rings (SSSR count). The minimum atomic E-state index is -0.0157. The van der Waals surface area contributed by atoms with Crippen LogP contribution in [0.4, 0.5) is 0 Å². The molecule has 0 atom stereocenters.